The quantitative estimate of drug-likeness (QED) is 0.806. The minimum absolute atomic E-state index is 0.0229. The van der Waals surface area contributed by atoms with Crippen LogP contribution in [0.1, 0.15) is 15.8 Å². The third-order valence-corrected chi connectivity index (χ3v) is 5.48. The van der Waals surface area contributed by atoms with E-state index in [1.54, 1.807) is 35.1 Å². The Bertz CT molecular complexity index is 490. The molecule has 1 saturated heterocycles. The number of nitrogens with one attached hydrogen (secondary N) is 1. The summed E-state index contributed by atoms with van der Waals surface area (Å²) < 4.78 is 4.88. The standard InChI is InChI=1S/C13H18N2O3S2/c1-9-3-6-19-12(9)13-15(11(17)8-20-13)7-10(16)14-4-5-18-2/h3,6,13H,4-5,7-8H2,1-2H3,(H,14,16). The van der Waals surface area contributed by atoms with Crippen molar-refractivity contribution in [2.45, 2.75) is 12.3 Å². The first-order valence-electron chi connectivity index (χ1n) is 6.34. The smallest absolute Gasteiger partial charge is 0.239 e. The monoisotopic (exact) mass is 314 g/mol. The second-order valence-corrected chi connectivity index (χ2v) is 6.51. The lowest BCUT2D eigenvalue weighted by molar-refractivity contribution is -0.133. The van der Waals surface area contributed by atoms with Crippen LogP contribution < -0.4 is 5.32 Å². The number of thioether (sulfide) groups is 1. The number of carbonyl (C=O) groups excluding carboxylic acids is 2. The molecule has 2 rings (SSSR count). The fourth-order valence-electron chi connectivity index (χ4n) is 1.98. The third-order valence-electron chi connectivity index (χ3n) is 3.04. The first-order chi connectivity index (χ1) is 9.63. The number of methoxy groups -OCH3 is 1. The Kier molecular flexibility index (Phi) is 5.45. The van der Waals surface area contributed by atoms with Gasteiger partial charge in [-0.2, -0.15) is 0 Å². The number of ether oxygens (including phenoxy) is 1. The summed E-state index contributed by atoms with van der Waals surface area (Å²) in [7, 11) is 1.59. The van der Waals surface area contributed by atoms with E-state index in [0.717, 1.165) is 4.88 Å². The van der Waals surface area contributed by atoms with Crippen LogP contribution in [0.15, 0.2) is 11.4 Å². The van der Waals surface area contributed by atoms with Gasteiger partial charge in [0.25, 0.3) is 0 Å². The van der Waals surface area contributed by atoms with Gasteiger partial charge in [0, 0.05) is 18.5 Å². The molecule has 20 heavy (non-hydrogen) atoms. The van der Waals surface area contributed by atoms with Crippen molar-refractivity contribution in [2.24, 2.45) is 0 Å². The van der Waals surface area contributed by atoms with Gasteiger partial charge in [0.15, 0.2) is 0 Å². The highest BCUT2D eigenvalue weighted by atomic mass is 32.2. The van der Waals surface area contributed by atoms with Crippen molar-refractivity contribution >= 4 is 34.9 Å². The second-order valence-electron chi connectivity index (χ2n) is 4.50. The zero-order valence-electron chi connectivity index (χ0n) is 11.5. The van der Waals surface area contributed by atoms with Crippen molar-refractivity contribution in [1.82, 2.24) is 10.2 Å². The van der Waals surface area contributed by atoms with Gasteiger partial charge in [0.2, 0.25) is 11.8 Å². The van der Waals surface area contributed by atoms with E-state index < -0.39 is 0 Å². The Hall–Kier alpha value is -1.05. The Morgan fingerprint density at radius 1 is 1.60 bits per heavy atom. The highest BCUT2D eigenvalue weighted by Gasteiger charge is 2.35. The van der Waals surface area contributed by atoms with E-state index in [4.69, 9.17) is 4.74 Å². The molecule has 1 aliphatic rings. The van der Waals surface area contributed by atoms with Gasteiger partial charge in [-0.25, -0.2) is 0 Å². The molecule has 1 aromatic heterocycles. The van der Waals surface area contributed by atoms with Crippen LogP contribution >= 0.6 is 23.1 Å². The molecule has 1 aliphatic heterocycles. The summed E-state index contributed by atoms with van der Waals surface area (Å²) in [6.45, 7) is 3.08. The van der Waals surface area contributed by atoms with Crippen molar-refractivity contribution in [1.29, 1.82) is 0 Å². The SMILES string of the molecule is COCCNC(=O)CN1C(=O)CSC1c1sccc1C. The van der Waals surface area contributed by atoms with Crippen LogP contribution in [0.25, 0.3) is 0 Å². The molecular formula is C13H18N2O3S2. The van der Waals surface area contributed by atoms with E-state index >= 15 is 0 Å². The van der Waals surface area contributed by atoms with E-state index in [0.29, 0.717) is 18.9 Å². The zero-order valence-corrected chi connectivity index (χ0v) is 13.2. The molecule has 1 N–H and O–H groups in total. The minimum atomic E-state index is -0.142. The summed E-state index contributed by atoms with van der Waals surface area (Å²) in [5.41, 5.74) is 1.17. The highest BCUT2D eigenvalue weighted by molar-refractivity contribution is 8.00. The number of hydrogen-bond donors (Lipinski definition) is 1. The summed E-state index contributed by atoms with van der Waals surface area (Å²) in [6, 6.07) is 2.04. The first-order valence-corrected chi connectivity index (χ1v) is 8.27. The molecule has 0 spiro atoms. The molecule has 0 aromatic carbocycles. The molecule has 0 bridgehead atoms. The molecule has 110 valence electrons. The van der Waals surface area contributed by atoms with Crippen LogP contribution in [0.2, 0.25) is 0 Å². The van der Waals surface area contributed by atoms with Gasteiger partial charge in [-0.1, -0.05) is 0 Å². The molecule has 2 amide bonds. The largest absolute Gasteiger partial charge is 0.383 e. The third kappa shape index (κ3) is 3.53. The van der Waals surface area contributed by atoms with Crippen LogP contribution in [-0.2, 0) is 14.3 Å². The van der Waals surface area contributed by atoms with Crippen molar-refractivity contribution in [2.75, 3.05) is 32.6 Å². The van der Waals surface area contributed by atoms with E-state index in [1.165, 1.54) is 5.56 Å². The van der Waals surface area contributed by atoms with Gasteiger partial charge in [0.1, 0.15) is 11.9 Å². The van der Waals surface area contributed by atoms with Gasteiger partial charge in [-0.15, -0.1) is 23.1 Å². The summed E-state index contributed by atoms with van der Waals surface area (Å²) in [5.74, 6) is 0.319. The number of carbonyl (C=O) groups is 2. The maximum Gasteiger partial charge on any atom is 0.239 e. The molecule has 2 heterocycles. The molecule has 1 unspecified atom stereocenters. The van der Waals surface area contributed by atoms with Gasteiger partial charge in [0.05, 0.1) is 12.4 Å². The normalized spacial score (nSPS) is 18.6. The molecular weight excluding hydrogens is 296 g/mol. The first kappa shape index (κ1) is 15.3. The number of amides is 2. The van der Waals surface area contributed by atoms with Gasteiger partial charge >= 0.3 is 0 Å². The number of nitrogens with zero attached hydrogens (tertiary/aromatic N) is 1. The van der Waals surface area contributed by atoms with E-state index in [2.05, 4.69) is 5.32 Å². The Balaban J connectivity index is 1.99. The Labute approximate surface area is 126 Å². The summed E-state index contributed by atoms with van der Waals surface area (Å²) in [4.78, 5) is 26.6. The average molecular weight is 314 g/mol. The summed E-state index contributed by atoms with van der Waals surface area (Å²) in [5, 5.41) is 4.73. The van der Waals surface area contributed by atoms with E-state index in [-0.39, 0.29) is 23.7 Å². The Morgan fingerprint density at radius 2 is 2.40 bits per heavy atom. The van der Waals surface area contributed by atoms with Crippen LogP contribution in [0.5, 0.6) is 0 Å². The molecule has 7 heteroatoms. The number of rotatable bonds is 6. The van der Waals surface area contributed by atoms with Gasteiger partial charge in [-0.3, -0.25) is 9.59 Å². The predicted octanol–water partition coefficient (Wildman–Crippen LogP) is 1.39. The lowest BCUT2D eigenvalue weighted by Gasteiger charge is -2.23. The lowest BCUT2D eigenvalue weighted by atomic mass is 10.2. The van der Waals surface area contributed by atoms with Crippen LogP contribution in [0.3, 0.4) is 0 Å². The Morgan fingerprint density at radius 3 is 3.05 bits per heavy atom. The molecule has 1 fully saturated rings. The van der Waals surface area contributed by atoms with E-state index in [1.807, 2.05) is 18.4 Å². The maximum absolute atomic E-state index is 12.0. The fourth-order valence-corrected chi connectivity index (χ4v) is 4.45. The van der Waals surface area contributed by atoms with Crippen molar-refractivity contribution < 1.29 is 14.3 Å². The second kappa shape index (κ2) is 7.10. The molecule has 1 aromatic rings. The summed E-state index contributed by atoms with van der Waals surface area (Å²) >= 11 is 3.22. The topological polar surface area (TPSA) is 58.6 Å². The van der Waals surface area contributed by atoms with Crippen LogP contribution in [0, 0.1) is 6.92 Å². The fraction of sp³-hybridized carbons (Fsp3) is 0.538. The van der Waals surface area contributed by atoms with Crippen molar-refractivity contribution in [3.8, 4) is 0 Å². The van der Waals surface area contributed by atoms with Gasteiger partial charge < -0.3 is 15.0 Å². The molecule has 0 saturated carbocycles. The highest BCUT2D eigenvalue weighted by Crippen LogP contribution is 2.41. The molecule has 0 radical (unpaired) electrons. The molecule has 0 aliphatic carbocycles. The van der Waals surface area contributed by atoms with Crippen molar-refractivity contribution in [3.05, 3.63) is 21.9 Å². The van der Waals surface area contributed by atoms with Crippen molar-refractivity contribution in [3.63, 3.8) is 0 Å². The van der Waals surface area contributed by atoms with E-state index in [9.17, 15) is 9.59 Å². The van der Waals surface area contributed by atoms with Gasteiger partial charge in [-0.05, 0) is 23.9 Å². The zero-order chi connectivity index (χ0) is 14.5. The molecule has 5 nitrogen and oxygen atoms in total. The van der Waals surface area contributed by atoms with Crippen LogP contribution in [-0.4, -0.2) is 49.3 Å². The number of thiophene rings is 1. The number of aryl methyl sites for hydroxylation is 1. The predicted molar refractivity (Wildman–Crippen MR) is 80.9 cm³/mol. The van der Waals surface area contributed by atoms with Crippen LogP contribution in [0.4, 0.5) is 0 Å². The average Bonchev–Trinajstić information content (AvgIpc) is 2.97. The lowest BCUT2D eigenvalue weighted by Crippen LogP contribution is -2.40. The minimum Gasteiger partial charge on any atom is -0.383 e. The summed E-state index contributed by atoms with van der Waals surface area (Å²) in [6.07, 6.45) is 0. The maximum atomic E-state index is 12.0. The molecule has 1 atom stereocenters. The number of hydrogen-bond acceptors (Lipinski definition) is 5.